The molecule has 6 rings (SSSR count). The third kappa shape index (κ3) is 2.46. The van der Waals surface area contributed by atoms with Gasteiger partial charge in [0.05, 0.1) is 36.5 Å². The molecule has 0 N–H and O–H groups in total. The van der Waals surface area contributed by atoms with E-state index in [1.54, 1.807) is 14.2 Å². The van der Waals surface area contributed by atoms with E-state index in [0.717, 1.165) is 39.1 Å². The highest BCUT2D eigenvalue weighted by Crippen LogP contribution is 2.50. The Morgan fingerprint density at radius 2 is 1.50 bits per heavy atom. The van der Waals surface area contributed by atoms with Gasteiger partial charge in [0, 0.05) is 35.2 Å². The summed E-state index contributed by atoms with van der Waals surface area (Å²) in [6, 6.07) is 23.5. The summed E-state index contributed by atoms with van der Waals surface area (Å²) in [7, 11) is 3.36. The topological polar surface area (TPSA) is 36.3 Å². The van der Waals surface area contributed by atoms with Crippen LogP contribution in [-0.2, 0) is 5.41 Å². The molecule has 32 heavy (non-hydrogen) atoms. The highest BCUT2D eigenvalue weighted by Gasteiger charge is 2.36. The van der Waals surface area contributed by atoms with Crippen molar-refractivity contribution in [1.29, 1.82) is 0 Å². The van der Waals surface area contributed by atoms with E-state index in [9.17, 15) is 0 Å². The Bertz CT molecular complexity index is 1510. The lowest BCUT2D eigenvalue weighted by Gasteiger charge is -2.21. The third-order valence-corrected chi connectivity index (χ3v) is 6.82. The summed E-state index contributed by atoms with van der Waals surface area (Å²) in [5.74, 6) is 1.51. The molecule has 0 saturated carbocycles. The van der Waals surface area contributed by atoms with Gasteiger partial charge in [0.1, 0.15) is 11.5 Å². The van der Waals surface area contributed by atoms with Gasteiger partial charge >= 0.3 is 0 Å². The first-order valence-corrected chi connectivity index (χ1v) is 10.8. The minimum atomic E-state index is -0.0531. The van der Waals surface area contributed by atoms with Gasteiger partial charge in [0.25, 0.3) is 0 Å². The number of ether oxygens (including phenoxy) is 2. The highest BCUT2D eigenvalue weighted by molar-refractivity contribution is 6.09. The Kier molecular flexibility index (Phi) is 3.91. The van der Waals surface area contributed by atoms with Crippen molar-refractivity contribution in [3.8, 4) is 28.3 Å². The number of hydrogen-bond acceptors (Lipinski definition) is 3. The zero-order chi connectivity index (χ0) is 22.0. The Morgan fingerprint density at radius 3 is 2.25 bits per heavy atom. The SMILES string of the molecule is COc1cc(OC)cc(-n2c3cc4c(cc3c3ncccc32)C(C)(C)c2ccccc2-4)c1. The van der Waals surface area contributed by atoms with Gasteiger partial charge in [-0.2, -0.15) is 0 Å². The molecule has 1 aliphatic carbocycles. The fourth-order valence-corrected chi connectivity index (χ4v) is 5.23. The van der Waals surface area contributed by atoms with E-state index in [4.69, 9.17) is 14.5 Å². The zero-order valence-electron chi connectivity index (χ0n) is 18.6. The molecule has 0 atom stereocenters. The van der Waals surface area contributed by atoms with E-state index in [1.807, 2.05) is 30.5 Å². The quantitative estimate of drug-likeness (QED) is 0.334. The van der Waals surface area contributed by atoms with Crippen molar-refractivity contribution in [3.05, 3.63) is 84.1 Å². The van der Waals surface area contributed by atoms with Crippen LogP contribution in [-0.4, -0.2) is 23.8 Å². The maximum atomic E-state index is 5.56. The minimum absolute atomic E-state index is 0.0531. The first-order valence-electron chi connectivity index (χ1n) is 10.8. The summed E-state index contributed by atoms with van der Waals surface area (Å²) in [5.41, 5.74) is 9.43. The van der Waals surface area contributed by atoms with Gasteiger partial charge in [-0.15, -0.1) is 0 Å². The lowest BCUT2D eigenvalue weighted by Crippen LogP contribution is -2.14. The zero-order valence-corrected chi connectivity index (χ0v) is 18.6. The fraction of sp³-hybridized carbons (Fsp3) is 0.179. The molecule has 4 nitrogen and oxygen atoms in total. The van der Waals surface area contributed by atoms with Gasteiger partial charge in [-0.1, -0.05) is 38.1 Å². The maximum Gasteiger partial charge on any atom is 0.124 e. The monoisotopic (exact) mass is 420 g/mol. The van der Waals surface area contributed by atoms with E-state index in [0.29, 0.717) is 0 Å². The van der Waals surface area contributed by atoms with Gasteiger partial charge in [-0.05, 0) is 46.5 Å². The molecule has 0 radical (unpaired) electrons. The first kappa shape index (κ1) is 18.9. The standard InChI is InChI=1S/C28H24N2O2/c1-28(2)23-9-6-5-8-20(23)21-16-26-22(15-24(21)28)27-25(10-7-11-29-27)30(26)17-12-18(31-3)14-19(13-17)32-4/h5-16H,1-4H3. The number of rotatable bonds is 3. The molecule has 0 amide bonds. The molecule has 5 aromatic rings. The second kappa shape index (κ2) is 6.60. The van der Waals surface area contributed by atoms with Crippen molar-refractivity contribution in [2.24, 2.45) is 0 Å². The van der Waals surface area contributed by atoms with Gasteiger partial charge in [-0.25, -0.2) is 0 Å². The van der Waals surface area contributed by atoms with Crippen LogP contribution < -0.4 is 9.47 Å². The Morgan fingerprint density at radius 1 is 0.750 bits per heavy atom. The van der Waals surface area contributed by atoms with Crippen molar-refractivity contribution in [3.63, 3.8) is 0 Å². The predicted molar refractivity (Wildman–Crippen MR) is 129 cm³/mol. The van der Waals surface area contributed by atoms with E-state index < -0.39 is 0 Å². The summed E-state index contributed by atoms with van der Waals surface area (Å²) in [5, 5.41) is 1.15. The molecular formula is C28H24N2O2. The first-order chi connectivity index (χ1) is 15.5. The molecule has 2 heterocycles. The predicted octanol–water partition coefficient (Wildman–Crippen LogP) is 6.50. The molecule has 2 aromatic heterocycles. The molecule has 3 aromatic carbocycles. The van der Waals surface area contributed by atoms with Crippen molar-refractivity contribution in [2.75, 3.05) is 14.2 Å². The van der Waals surface area contributed by atoms with Crippen molar-refractivity contribution in [2.45, 2.75) is 19.3 Å². The second-order valence-electron chi connectivity index (χ2n) is 8.86. The van der Waals surface area contributed by atoms with E-state index in [-0.39, 0.29) is 5.41 Å². The molecule has 0 bridgehead atoms. The number of methoxy groups -OCH3 is 2. The third-order valence-electron chi connectivity index (χ3n) is 6.82. The van der Waals surface area contributed by atoms with Crippen LogP contribution in [0, 0.1) is 0 Å². The summed E-state index contributed by atoms with van der Waals surface area (Å²) in [4.78, 5) is 4.78. The van der Waals surface area contributed by atoms with Crippen molar-refractivity contribution in [1.82, 2.24) is 9.55 Å². The van der Waals surface area contributed by atoms with E-state index in [1.165, 1.54) is 22.3 Å². The molecule has 0 unspecified atom stereocenters. The molecule has 4 heteroatoms. The highest BCUT2D eigenvalue weighted by atomic mass is 16.5. The van der Waals surface area contributed by atoms with E-state index >= 15 is 0 Å². The number of aromatic nitrogens is 2. The summed E-state index contributed by atoms with van der Waals surface area (Å²) < 4.78 is 13.4. The Hall–Kier alpha value is -3.79. The molecule has 0 fully saturated rings. The number of benzene rings is 3. The van der Waals surface area contributed by atoms with Crippen LogP contribution in [0.5, 0.6) is 11.5 Å². The molecule has 0 aliphatic heterocycles. The van der Waals surface area contributed by atoms with Crippen LogP contribution in [0.25, 0.3) is 38.8 Å². The van der Waals surface area contributed by atoms with Gasteiger partial charge in [0.15, 0.2) is 0 Å². The van der Waals surface area contributed by atoms with Crippen LogP contribution >= 0.6 is 0 Å². The van der Waals surface area contributed by atoms with Crippen LogP contribution in [0.3, 0.4) is 0 Å². The van der Waals surface area contributed by atoms with Gasteiger partial charge in [0.2, 0.25) is 0 Å². The molecular weight excluding hydrogens is 396 g/mol. The Balaban J connectivity index is 1.75. The average Bonchev–Trinajstić information content (AvgIpc) is 3.27. The smallest absolute Gasteiger partial charge is 0.124 e. The normalized spacial score (nSPS) is 13.9. The van der Waals surface area contributed by atoms with E-state index in [2.05, 4.69) is 60.9 Å². The molecule has 0 spiro atoms. The largest absolute Gasteiger partial charge is 0.497 e. The van der Waals surface area contributed by atoms with Gasteiger partial charge < -0.3 is 14.0 Å². The minimum Gasteiger partial charge on any atom is -0.497 e. The summed E-state index contributed by atoms with van der Waals surface area (Å²) in [6.07, 6.45) is 1.87. The molecule has 1 aliphatic rings. The summed E-state index contributed by atoms with van der Waals surface area (Å²) >= 11 is 0. The lowest BCUT2D eigenvalue weighted by molar-refractivity contribution is 0.394. The number of nitrogens with zero attached hydrogens (tertiary/aromatic N) is 2. The molecule has 0 saturated heterocycles. The second-order valence-corrected chi connectivity index (χ2v) is 8.86. The molecule has 158 valence electrons. The van der Waals surface area contributed by atoms with Gasteiger partial charge in [-0.3, -0.25) is 4.98 Å². The number of hydrogen-bond donors (Lipinski definition) is 0. The average molecular weight is 421 g/mol. The number of fused-ring (bicyclic) bond motifs is 6. The van der Waals surface area contributed by atoms with Crippen LogP contribution in [0.4, 0.5) is 0 Å². The lowest BCUT2D eigenvalue weighted by atomic mass is 9.82. The maximum absolute atomic E-state index is 5.56. The van der Waals surface area contributed by atoms with Crippen LogP contribution in [0.1, 0.15) is 25.0 Å². The Labute approximate surface area is 187 Å². The number of pyridine rings is 1. The van der Waals surface area contributed by atoms with Crippen LogP contribution in [0.2, 0.25) is 0 Å². The summed E-state index contributed by atoms with van der Waals surface area (Å²) in [6.45, 7) is 4.62. The van der Waals surface area contributed by atoms with Crippen molar-refractivity contribution >= 4 is 21.9 Å². The van der Waals surface area contributed by atoms with Crippen molar-refractivity contribution < 1.29 is 9.47 Å². The van der Waals surface area contributed by atoms with Crippen LogP contribution in [0.15, 0.2) is 72.9 Å². The fourth-order valence-electron chi connectivity index (χ4n) is 5.23.